The molecule has 1 saturated heterocycles. The predicted molar refractivity (Wildman–Crippen MR) is 96.6 cm³/mol. The molecule has 0 radical (unpaired) electrons. The van der Waals surface area contributed by atoms with Gasteiger partial charge in [-0.1, -0.05) is 0 Å². The highest BCUT2D eigenvalue weighted by Crippen LogP contribution is 2.19. The summed E-state index contributed by atoms with van der Waals surface area (Å²) in [5.74, 6) is 0.887. The predicted octanol–water partition coefficient (Wildman–Crippen LogP) is 3.03. The van der Waals surface area contributed by atoms with Gasteiger partial charge >= 0.3 is 0 Å². The molecule has 24 heavy (non-hydrogen) atoms. The van der Waals surface area contributed by atoms with Crippen LogP contribution in [0.2, 0.25) is 0 Å². The summed E-state index contributed by atoms with van der Waals surface area (Å²) in [6.45, 7) is 6.40. The average Bonchev–Trinajstić information content (AvgIpc) is 3.06. The molecule has 1 amide bonds. The number of carbonyl (C=O) groups is 1. The number of anilines is 1. The Labute approximate surface area is 146 Å². The molecular formula is C18H23N3O2S. The van der Waals surface area contributed by atoms with Gasteiger partial charge in [-0.25, -0.2) is 4.98 Å². The van der Waals surface area contributed by atoms with Gasteiger partial charge in [0.25, 0.3) is 5.91 Å². The van der Waals surface area contributed by atoms with Crippen LogP contribution in [0.5, 0.6) is 0 Å². The van der Waals surface area contributed by atoms with E-state index >= 15 is 0 Å². The second-order valence-corrected chi connectivity index (χ2v) is 7.14. The van der Waals surface area contributed by atoms with Gasteiger partial charge in [0, 0.05) is 32.9 Å². The number of amides is 1. The lowest BCUT2D eigenvalue weighted by Gasteiger charge is -2.36. The minimum Gasteiger partial charge on any atom is -0.372 e. The molecule has 0 unspecified atom stereocenters. The summed E-state index contributed by atoms with van der Waals surface area (Å²) >= 11 is 1.64. The van der Waals surface area contributed by atoms with Crippen LogP contribution < -0.4 is 4.90 Å². The lowest BCUT2D eigenvalue weighted by atomic mass is 10.2. The second-order valence-electron chi connectivity index (χ2n) is 6.36. The Kier molecular flexibility index (Phi) is 5.16. The number of ether oxygens (including phenoxy) is 1. The van der Waals surface area contributed by atoms with Gasteiger partial charge in [-0.15, -0.1) is 0 Å². The van der Waals surface area contributed by atoms with E-state index < -0.39 is 0 Å². The van der Waals surface area contributed by atoms with Gasteiger partial charge < -0.3 is 14.5 Å². The van der Waals surface area contributed by atoms with E-state index in [0.29, 0.717) is 12.1 Å². The molecule has 2 atom stereocenters. The van der Waals surface area contributed by atoms with Crippen molar-refractivity contribution < 1.29 is 9.53 Å². The smallest absolute Gasteiger partial charge is 0.255 e. The van der Waals surface area contributed by atoms with Crippen LogP contribution in [0.25, 0.3) is 0 Å². The summed E-state index contributed by atoms with van der Waals surface area (Å²) in [6, 6.07) is 5.83. The molecule has 3 heterocycles. The quantitative estimate of drug-likeness (QED) is 0.854. The lowest BCUT2D eigenvalue weighted by molar-refractivity contribution is -0.00546. The van der Waals surface area contributed by atoms with Gasteiger partial charge in [-0.3, -0.25) is 4.79 Å². The van der Waals surface area contributed by atoms with E-state index in [0.717, 1.165) is 24.5 Å². The Balaban J connectivity index is 1.66. The molecule has 0 aliphatic carbocycles. The zero-order valence-electron chi connectivity index (χ0n) is 14.3. The van der Waals surface area contributed by atoms with Crippen LogP contribution >= 0.6 is 11.3 Å². The van der Waals surface area contributed by atoms with E-state index in [4.69, 9.17) is 4.74 Å². The Hall–Kier alpha value is -1.92. The first-order valence-corrected chi connectivity index (χ1v) is 9.10. The van der Waals surface area contributed by atoms with Crippen molar-refractivity contribution in [2.24, 2.45) is 0 Å². The summed E-state index contributed by atoms with van der Waals surface area (Å²) < 4.78 is 5.75. The number of morpholine rings is 1. The molecule has 0 bridgehead atoms. The van der Waals surface area contributed by atoms with Gasteiger partial charge in [0.2, 0.25) is 0 Å². The third-order valence-corrected chi connectivity index (χ3v) is 4.82. The van der Waals surface area contributed by atoms with E-state index in [-0.39, 0.29) is 18.1 Å². The molecule has 6 heteroatoms. The van der Waals surface area contributed by atoms with Crippen LogP contribution in [-0.4, -0.2) is 48.1 Å². The molecule has 0 aromatic carbocycles. The Morgan fingerprint density at radius 3 is 2.67 bits per heavy atom. The maximum atomic E-state index is 12.5. The SMILES string of the molecule is C[C@H]1CN(c2ccc(C(=O)N(C)Cc3ccsc3)cn2)C[C@H](C)O1. The average molecular weight is 345 g/mol. The van der Waals surface area contributed by atoms with Gasteiger partial charge in [0.15, 0.2) is 0 Å². The number of nitrogens with zero attached hydrogens (tertiary/aromatic N) is 3. The highest BCUT2D eigenvalue weighted by atomic mass is 32.1. The van der Waals surface area contributed by atoms with Crippen molar-refractivity contribution in [3.05, 3.63) is 46.3 Å². The van der Waals surface area contributed by atoms with Crippen LogP contribution in [0.1, 0.15) is 29.8 Å². The second kappa shape index (κ2) is 7.32. The number of pyridine rings is 1. The van der Waals surface area contributed by atoms with Crippen molar-refractivity contribution >= 4 is 23.1 Å². The Morgan fingerprint density at radius 2 is 2.08 bits per heavy atom. The molecule has 3 rings (SSSR count). The number of carbonyl (C=O) groups excluding carboxylic acids is 1. The Morgan fingerprint density at radius 1 is 1.33 bits per heavy atom. The molecule has 0 saturated carbocycles. The molecule has 0 spiro atoms. The third kappa shape index (κ3) is 3.94. The zero-order chi connectivity index (χ0) is 17.1. The minimum absolute atomic E-state index is 0.0102. The molecule has 128 valence electrons. The highest BCUT2D eigenvalue weighted by Gasteiger charge is 2.23. The molecule has 1 aliphatic rings. The van der Waals surface area contributed by atoms with Gasteiger partial charge in [0.05, 0.1) is 17.8 Å². The molecule has 1 aliphatic heterocycles. The molecular weight excluding hydrogens is 322 g/mol. The summed E-state index contributed by atoms with van der Waals surface area (Å²) in [4.78, 5) is 20.9. The molecule has 2 aromatic rings. The zero-order valence-corrected chi connectivity index (χ0v) is 15.1. The summed E-state index contributed by atoms with van der Waals surface area (Å²) in [6.07, 6.45) is 2.05. The van der Waals surface area contributed by atoms with Crippen molar-refractivity contribution in [3.8, 4) is 0 Å². The van der Waals surface area contributed by atoms with E-state index in [1.165, 1.54) is 0 Å². The van der Waals surface area contributed by atoms with Crippen LogP contribution in [0.3, 0.4) is 0 Å². The fourth-order valence-electron chi connectivity index (χ4n) is 3.01. The largest absolute Gasteiger partial charge is 0.372 e. The van der Waals surface area contributed by atoms with E-state index in [2.05, 4.69) is 29.1 Å². The van der Waals surface area contributed by atoms with E-state index in [1.807, 2.05) is 30.6 Å². The summed E-state index contributed by atoms with van der Waals surface area (Å²) in [5, 5.41) is 4.08. The summed E-state index contributed by atoms with van der Waals surface area (Å²) in [7, 11) is 1.82. The van der Waals surface area contributed by atoms with Gasteiger partial charge in [-0.05, 0) is 48.4 Å². The lowest BCUT2D eigenvalue weighted by Crippen LogP contribution is -2.45. The maximum Gasteiger partial charge on any atom is 0.255 e. The van der Waals surface area contributed by atoms with Crippen LogP contribution in [0, 0.1) is 0 Å². The van der Waals surface area contributed by atoms with E-state index in [1.54, 1.807) is 22.4 Å². The van der Waals surface area contributed by atoms with Gasteiger partial charge in [-0.2, -0.15) is 11.3 Å². The van der Waals surface area contributed by atoms with Crippen molar-refractivity contribution in [1.29, 1.82) is 0 Å². The van der Waals surface area contributed by atoms with Gasteiger partial charge in [0.1, 0.15) is 5.82 Å². The number of aromatic nitrogens is 1. The number of thiophene rings is 1. The standard InChI is InChI=1S/C18H23N3O2S/c1-13-9-21(10-14(2)23-13)17-5-4-16(8-19-17)18(22)20(3)11-15-6-7-24-12-15/h4-8,12-14H,9-11H2,1-3H3/t13-,14-/m0/s1. The van der Waals surface area contributed by atoms with Crippen molar-refractivity contribution in [1.82, 2.24) is 9.88 Å². The first-order chi connectivity index (χ1) is 11.5. The van der Waals surface area contributed by atoms with Crippen LogP contribution in [-0.2, 0) is 11.3 Å². The molecule has 0 N–H and O–H groups in total. The molecule has 2 aromatic heterocycles. The maximum absolute atomic E-state index is 12.5. The molecule has 1 fully saturated rings. The van der Waals surface area contributed by atoms with Crippen molar-refractivity contribution in [2.75, 3.05) is 25.0 Å². The van der Waals surface area contributed by atoms with E-state index in [9.17, 15) is 4.79 Å². The van der Waals surface area contributed by atoms with Crippen LogP contribution in [0.15, 0.2) is 35.2 Å². The first-order valence-electron chi connectivity index (χ1n) is 8.16. The third-order valence-electron chi connectivity index (χ3n) is 4.08. The fraction of sp³-hybridized carbons (Fsp3) is 0.444. The normalized spacial score (nSPS) is 20.9. The highest BCUT2D eigenvalue weighted by molar-refractivity contribution is 7.07. The minimum atomic E-state index is -0.0102. The fourth-order valence-corrected chi connectivity index (χ4v) is 3.67. The Bertz CT molecular complexity index is 662. The monoisotopic (exact) mass is 345 g/mol. The summed E-state index contributed by atoms with van der Waals surface area (Å²) in [5.41, 5.74) is 1.77. The molecule has 5 nitrogen and oxygen atoms in total. The topological polar surface area (TPSA) is 45.7 Å². The van der Waals surface area contributed by atoms with Crippen LogP contribution in [0.4, 0.5) is 5.82 Å². The van der Waals surface area contributed by atoms with Crippen molar-refractivity contribution in [3.63, 3.8) is 0 Å². The number of hydrogen-bond acceptors (Lipinski definition) is 5. The number of hydrogen-bond donors (Lipinski definition) is 0. The first kappa shape index (κ1) is 16.9. The number of rotatable bonds is 4. The van der Waals surface area contributed by atoms with Crippen molar-refractivity contribution in [2.45, 2.75) is 32.6 Å².